The van der Waals surface area contributed by atoms with Crippen LogP contribution in [0.2, 0.25) is 0 Å². The third-order valence-electron chi connectivity index (χ3n) is 6.48. The van der Waals surface area contributed by atoms with Gasteiger partial charge in [0.2, 0.25) is 6.41 Å². The zero-order chi connectivity index (χ0) is 32.0. The van der Waals surface area contributed by atoms with Gasteiger partial charge in [0.25, 0.3) is 0 Å². The Labute approximate surface area is 253 Å². The predicted molar refractivity (Wildman–Crippen MR) is 161 cm³/mol. The summed E-state index contributed by atoms with van der Waals surface area (Å²) in [6, 6.07) is 12.1. The maximum Gasteiger partial charge on any atom is 0.341 e. The third kappa shape index (κ3) is 13.8. The van der Waals surface area contributed by atoms with Gasteiger partial charge in [0.05, 0.1) is 17.7 Å². The number of carboxylic acids is 2. The highest BCUT2D eigenvalue weighted by Crippen LogP contribution is 2.22. The minimum atomic E-state index is -1.39. The summed E-state index contributed by atoms with van der Waals surface area (Å²) >= 11 is 0. The van der Waals surface area contributed by atoms with Crippen LogP contribution in [-0.2, 0) is 22.4 Å². The topological polar surface area (TPSA) is 190 Å². The minimum absolute atomic E-state index is 0.0948. The normalized spacial score (nSPS) is 15.3. The van der Waals surface area contributed by atoms with E-state index in [0.29, 0.717) is 18.5 Å². The van der Waals surface area contributed by atoms with E-state index in [1.165, 1.54) is 12.1 Å². The number of nitrogens with one attached hydrogen (secondary N) is 3. The van der Waals surface area contributed by atoms with Crippen molar-refractivity contribution >= 4 is 11.9 Å². The van der Waals surface area contributed by atoms with Crippen LogP contribution in [0.5, 0.6) is 5.75 Å². The van der Waals surface area contributed by atoms with E-state index in [4.69, 9.17) is 14.6 Å². The molecule has 8 N–H and O–H groups in total. The van der Waals surface area contributed by atoms with Crippen LogP contribution in [0.1, 0.15) is 68.4 Å². The molecule has 0 amide bonds. The first-order valence-electron chi connectivity index (χ1n) is 14.5. The van der Waals surface area contributed by atoms with Crippen LogP contribution in [0.15, 0.2) is 48.5 Å². The number of aliphatic carboxylic acids is 1. The highest BCUT2D eigenvalue weighted by molar-refractivity contribution is 5.91. The van der Waals surface area contributed by atoms with E-state index in [2.05, 4.69) is 22.9 Å². The first-order valence-corrected chi connectivity index (χ1v) is 14.5. The lowest BCUT2D eigenvalue weighted by atomic mass is 9.99. The molecular formula is C31H47N3O9. The maximum atomic E-state index is 11.9. The average Bonchev–Trinajstić information content (AvgIpc) is 2.93. The molecule has 0 fully saturated rings. The summed E-state index contributed by atoms with van der Waals surface area (Å²) in [4.78, 5) is 22.8. The lowest BCUT2D eigenvalue weighted by Crippen LogP contribution is -2.60. The Morgan fingerprint density at radius 1 is 0.860 bits per heavy atom. The zero-order valence-corrected chi connectivity index (χ0v) is 25.3. The summed E-state index contributed by atoms with van der Waals surface area (Å²) in [6.07, 6.45) is -0.605. The molecule has 0 radical (unpaired) electrons. The quantitative estimate of drug-likeness (QED) is 0.0811. The standard InChI is InChI=1S/C31H47N3O9/c1-5-6-10-15-32-27(37)23(18-21-13-14-25(42-19-26(35)36)22(16-21)29(39)40)33-28(38)24(17-20-11-8-7-9-12-20)34-30(41)43-31(2,3)4/h7-9,11-14,16,23-24,27-28,30,32-34,37-38,41H,5-6,10,15,17-19H2,1-4H3,(H,35,36)(H,39,40)/t23-,24-,27-,28+,30-/m1/s1. The molecule has 2 aromatic carbocycles. The lowest BCUT2D eigenvalue weighted by molar-refractivity contribution is -0.190. The summed E-state index contributed by atoms with van der Waals surface area (Å²) in [7, 11) is 0. The van der Waals surface area contributed by atoms with Gasteiger partial charge in [-0.15, -0.1) is 0 Å². The van der Waals surface area contributed by atoms with Crippen LogP contribution in [0.3, 0.4) is 0 Å². The van der Waals surface area contributed by atoms with E-state index in [-0.39, 0.29) is 17.7 Å². The second-order valence-corrected chi connectivity index (χ2v) is 11.4. The average molecular weight is 606 g/mol. The minimum Gasteiger partial charge on any atom is -0.481 e. The number of aliphatic hydroxyl groups excluding tert-OH is 3. The van der Waals surface area contributed by atoms with Crippen LogP contribution in [0, 0.1) is 0 Å². The first kappa shape index (κ1) is 36.1. The van der Waals surface area contributed by atoms with Gasteiger partial charge in [-0.05, 0) is 69.8 Å². The SMILES string of the molecule is CCCCCN[C@H](O)[C@@H](Cc1ccc(OCC(=O)O)c(C(=O)O)c1)N[C@@H](O)[C@@H](Cc1ccccc1)N[C@H](O)OC(C)(C)C. The Morgan fingerprint density at radius 2 is 1.51 bits per heavy atom. The fourth-order valence-corrected chi connectivity index (χ4v) is 4.44. The van der Waals surface area contributed by atoms with Crippen molar-refractivity contribution in [2.24, 2.45) is 0 Å². The highest BCUT2D eigenvalue weighted by Gasteiger charge is 2.29. The lowest BCUT2D eigenvalue weighted by Gasteiger charge is -2.34. The van der Waals surface area contributed by atoms with Gasteiger partial charge in [-0.3, -0.25) is 16.0 Å². The second-order valence-electron chi connectivity index (χ2n) is 11.4. The number of rotatable bonds is 20. The Morgan fingerprint density at radius 3 is 2.12 bits per heavy atom. The van der Waals surface area contributed by atoms with Crippen LogP contribution in [-0.4, -0.2) is 87.2 Å². The molecule has 0 unspecified atom stereocenters. The van der Waals surface area contributed by atoms with Crippen molar-refractivity contribution in [3.63, 3.8) is 0 Å². The molecule has 0 saturated heterocycles. The molecule has 0 aliphatic carbocycles. The van der Waals surface area contributed by atoms with Crippen LogP contribution < -0.4 is 20.7 Å². The predicted octanol–water partition coefficient (Wildman–Crippen LogP) is 2.06. The highest BCUT2D eigenvalue weighted by atomic mass is 16.6. The molecular weight excluding hydrogens is 558 g/mol. The van der Waals surface area contributed by atoms with E-state index >= 15 is 0 Å². The number of ether oxygens (including phenoxy) is 2. The van der Waals surface area contributed by atoms with Crippen molar-refractivity contribution in [3.05, 3.63) is 65.2 Å². The third-order valence-corrected chi connectivity index (χ3v) is 6.48. The fraction of sp³-hybridized carbons (Fsp3) is 0.548. The first-order chi connectivity index (χ1) is 20.3. The van der Waals surface area contributed by atoms with Gasteiger partial charge in [0, 0.05) is 0 Å². The van der Waals surface area contributed by atoms with Gasteiger partial charge >= 0.3 is 11.9 Å². The zero-order valence-electron chi connectivity index (χ0n) is 25.3. The summed E-state index contributed by atoms with van der Waals surface area (Å²) in [6.45, 7) is 7.27. The van der Waals surface area contributed by atoms with Gasteiger partial charge in [-0.25, -0.2) is 9.59 Å². The number of unbranched alkanes of at least 4 members (excludes halogenated alkanes) is 2. The van der Waals surface area contributed by atoms with E-state index in [1.54, 1.807) is 26.8 Å². The molecule has 0 spiro atoms. The van der Waals surface area contributed by atoms with E-state index in [0.717, 1.165) is 24.8 Å². The van der Waals surface area contributed by atoms with Gasteiger partial charge in [0.1, 0.15) is 23.8 Å². The van der Waals surface area contributed by atoms with E-state index < -0.39 is 55.1 Å². The molecule has 2 aromatic rings. The molecule has 12 nitrogen and oxygen atoms in total. The number of carbonyl (C=O) groups is 2. The summed E-state index contributed by atoms with van der Waals surface area (Å²) in [5.41, 5.74) is 0.504. The molecule has 240 valence electrons. The molecule has 0 bridgehead atoms. The van der Waals surface area contributed by atoms with Crippen molar-refractivity contribution in [3.8, 4) is 5.75 Å². The van der Waals surface area contributed by atoms with Gasteiger partial charge in [0.15, 0.2) is 6.61 Å². The number of benzene rings is 2. The van der Waals surface area contributed by atoms with Gasteiger partial charge in [-0.2, -0.15) is 0 Å². The maximum absolute atomic E-state index is 11.9. The van der Waals surface area contributed by atoms with E-state index in [1.807, 2.05) is 30.3 Å². The molecule has 0 aliphatic heterocycles. The fourth-order valence-electron chi connectivity index (χ4n) is 4.44. The summed E-state index contributed by atoms with van der Waals surface area (Å²) in [5, 5.41) is 60.7. The molecule has 0 aliphatic rings. The number of aliphatic hydroxyl groups is 3. The van der Waals surface area contributed by atoms with Crippen molar-refractivity contribution in [1.82, 2.24) is 16.0 Å². The van der Waals surface area contributed by atoms with Gasteiger partial charge in [-0.1, -0.05) is 56.2 Å². The Hall–Kier alpha value is -3.10. The van der Waals surface area contributed by atoms with E-state index in [9.17, 15) is 30.0 Å². The Bertz CT molecular complexity index is 1130. The number of hydrogen-bond donors (Lipinski definition) is 8. The molecule has 0 heterocycles. The van der Waals surface area contributed by atoms with Crippen molar-refractivity contribution < 1.29 is 44.6 Å². The van der Waals surface area contributed by atoms with Crippen molar-refractivity contribution in [2.45, 2.75) is 96.4 Å². The van der Waals surface area contributed by atoms with Crippen LogP contribution in [0.25, 0.3) is 0 Å². The molecule has 0 saturated carbocycles. The molecule has 43 heavy (non-hydrogen) atoms. The van der Waals surface area contributed by atoms with Crippen LogP contribution >= 0.6 is 0 Å². The molecule has 0 aromatic heterocycles. The van der Waals surface area contributed by atoms with Crippen LogP contribution in [0.4, 0.5) is 0 Å². The number of carboxylic acid groups (broad SMARTS) is 2. The summed E-state index contributed by atoms with van der Waals surface area (Å²) < 4.78 is 10.7. The number of aromatic carboxylic acids is 1. The monoisotopic (exact) mass is 605 g/mol. The Kier molecular flexibility index (Phi) is 15.0. The molecule has 5 atom stereocenters. The van der Waals surface area contributed by atoms with Gasteiger partial charge < -0.3 is 35.0 Å². The molecule has 12 heteroatoms. The van der Waals surface area contributed by atoms with Crippen molar-refractivity contribution in [2.75, 3.05) is 13.2 Å². The number of hydrogen-bond acceptors (Lipinski definition) is 10. The second kappa shape index (κ2) is 17.9. The summed E-state index contributed by atoms with van der Waals surface area (Å²) in [5.74, 6) is -2.64. The molecule has 2 rings (SSSR count). The smallest absolute Gasteiger partial charge is 0.341 e. The Balaban J connectivity index is 2.32. The van der Waals surface area contributed by atoms with Crippen molar-refractivity contribution in [1.29, 1.82) is 0 Å². The largest absolute Gasteiger partial charge is 0.481 e.